The summed E-state index contributed by atoms with van der Waals surface area (Å²) in [5, 5.41) is 12.2. The van der Waals surface area contributed by atoms with Crippen molar-refractivity contribution in [2.45, 2.75) is 13.3 Å². The van der Waals surface area contributed by atoms with E-state index in [2.05, 4.69) is 15.5 Å². The summed E-state index contributed by atoms with van der Waals surface area (Å²) >= 11 is 1.37. The lowest BCUT2D eigenvalue weighted by Gasteiger charge is -2.05. The van der Waals surface area contributed by atoms with Crippen LogP contribution < -0.4 is 10.1 Å². The van der Waals surface area contributed by atoms with Crippen LogP contribution in [0.25, 0.3) is 0 Å². The third-order valence-electron chi connectivity index (χ3n) is 3.30. The van der Waals surface area contributed by atoms with Crippen molar-refractivity contribution < 1.29 is 9.53 Å². The Balaban J connectivity index is 1.50. The standard InChI is InChI=1S/C18H17N3O2S/c1-13-7-9-15(10-8-13)23-12-16(22)19-18-21-20-17(24-18)11-14-5-3-2-4-6-14/h2-10H,11-12H2,1H3,(H,19,21,22). The molecule has 0 saturated heterocycles. The molecule has 0 radical (unpaired) electrons. The van der Waals surface area contributed by atoms with E-state index in [9.17, 15) is 4.79 Å². The van der Waals surface area contributed by atoms with Crippen LogP contribution in [0.15, 0.2) is 54.6 Å². The van der Waals surface area contributed by atoms with Crippen molar-refractivity contribution in [2.24, 2.45) is 0 Å². The van der Waals surface area contributed by atoms with Gasteiger partial charge in [0.15, 0.2) is 6.61 Å². The fourth-order valence-corrected chi connectivity index (χ4v) is 2.87. The number of nitrogens with zero attached hydrogens (tertiary/aromatic N) is 2. The summed E-state index contributed by atoms with van der Waals surface area (Å²) in [6.07, 6.45) is 0.703. The molecule has 1 heterocycles. The van der Waals surface area contributed by atoms with E-state index in [1.165, 1.54) is 11.3 Å². The number of nitrogens with one attached hydrogen (secondary N) is 1. The largest absolute Gasteiger partial charge is 0.484 e. The highest BCUT2D eigenvalue weighted by molar-refractivity contribution is 7.15. The molecule has 0 aliphatic heterocycles. The molecule has 122 valence electrons. The first kappa shape index (κ1) is 16.1. The quantitative estimate of drug-likeness (QED) is 0.747. The van der Waals surface area contributed by atoms with E-state index in [0.717, 1.165) is 16.1 Å². The molecule has 0 aliphatic rings. The zero-order chi connectivity index (χ0) is 16.8. The van der Waals surface area contributed by atoms with Crippen molar-refractivity contribution in [2.75, 3.05) is 11.9 Å². The summed E-state index contributed by atoms with van der Waals surface area (Å²) < 4.78 is 5.44. The number of hydrogen-bond acceptors (Lipinski definition) is 5. The highest BCUT2D eigenvalue weighted by atomic mass is 32.1. The van der Waals surface area contributed by atoms with E-state index in [1.54, 1.807) is 0 Å². The van der Waals surface area contributed by atoms with Gasteiger partial charge in [-0.05, 0) is 24.6 Å². The first-order valence-corrected chi connectivity index (χ1v) is 8.36. The normalized spacial score (nSPS) is 10.4. The molecule has 1 aromatic heterocycles. The second-order valence-electron chi connectivity index (χ2n) is 5.31. The minimum absolute atomic E-state index is 0.0589. The van der Waals surface area contributed by atoms with E-state index in [-0.39, 0.29) is 12.5 Å². The Morgan fingerprint density at radius 1 is 1.08 bits per heavy atom. The Labute approximate surface area is 144 Å². The van der Waals surface area contributed by atoms with Gasteiger partial charge in [0.25, 0.3) is 5.91 Å². The summed E-state index contributed by atoms with van der Waals surface area (Å²) in [6.45, 7) is 1.94. The second kappa shape index (κ2) is 7.70. The molecule has 2 aromatic carbocycles. The van der Waals surface area contributed by atoms with Gasteiger partial charge in [-0.25, -0.2) is 0 Å². The molecule has 3 aromatic rings. The zero-order valence-electron chi connectivity index (χ0n) is 13.2. The van der Waals surface area contributed by atoms with Gasteiger partial charge in [-0.3, -0.25) is 10.1 Å². The summed E-state index contributed by atoms with van der Waals surface area (Å²) in [6, 6.07) is 17.6. The number of anilines is 1. The maximum absolute atomic E-state index is 11.9. The zero-order valence-corrected chi connectivity index (χ0v) is 14.0. The van der Waals surface area contributed by atoms with E-state index in [4.69, 9.17) is 4.74 Å². The average Bonchev–Trinajstić information content (AvgIpc) is 3.02. The van der Waals surface area contributed by atoms with Gasteiger partial charge in [0, 0.05) is 6.42 Å². The molecular formula is C18H17N3O2S. The van der Waals surface area contributed by atoms with Crippen LogP contribution in [0.2, 0.25) is 0 Å². The van der Waals surface area contributed by atoms with E-state index >= 15 is 0 Å². The summed E-state index contributed by atoms with van der Waals surface area (Å²) in [7, 11) is 0. The molecular weight excluding hydrogens is 322 g/mol. The number of aromatic nitrogens is 2. The number of ether oxygens (including phenoxy) is 1. The maximum Gasteiger partial charge on any atom is 0.264 e. The van der Waals surface area contributed by atoms with Gasteiger partial charge in [-0.1, -0.05) is 59.4 Å². The van der Waals surface area contributed by atoms with Crippen LogP contribution in [0.4, 0.5) is 5.13 Å². The van der Waals surface area contributed by atoms with Crippen molar-refractivity contribution in [3.05, 3.63) is 70.7 Å². The molecule has 0 bridgehead atoms. The summed E-state index contributed by atoms with van der Waals surface area (Å²) in [4.78, 5) is 11.9. The Kier molecular flexibility index (Phi) is 5.18. The third kappa shape index (κ3) is 4.63. The SMILES string of the molecule is Cc1ccc(OCC(=O)Nc2nnc(Cc3ccccc3)s2)cc1. The van der Waals surface area contributed by atoms with Crippen molar-refractivity contribution in [3.8, 4) is 5.75 Å². The molecule has 3 rings (SSSR count). The molecule has 1 amide bonds. The minimum Gasteiger partial charge on any atom is -0.484 e. The van der Waals surface area contributed by atoms with Crippen LogP contribution in [0.3, 0.4) is 0 Å². The van der Waals surface area contributed by atoms with E-state index in [1.807, 2.05) is 61.5 Å². The second-order valence-corrected chi connectivity index (χ2v) is 6.38. The summed E-state index contributed by atoms with van der Waals surface area (Å²) in [5.41, 5.74) is 2.31. The molecule has 6 heteroatoms. The van der Waals surface area contributed by atoms with Crippen LogP contribution >= 0.6 is 11.3 Å². The first-order valence-electron chi connectivity index (χ1n) is 7.55. The van der Waals surface area contributed by atoms with Crippen LogP contribution in [-0.2, 0) is 11.2 Å². The lowest BCUT2D eigenvalue weighted by molar-refractivity contribution is -0.118. The molecule has 0 aliphatic carbocycles. The van der Waals surface area contributed by atoms with Crippen molar-refractivity contribution >= 4 is 22.4 Å². The van der Waals surface area contributed by atoms with E-state index < -0.39 is 0 Å². The molecule has 0 unspecified atom stereocenters. The smallest absolute Gasteiger partial charge is 0.264 e. The number of benzene rings is 2. The van der Waals surface area contributed by atoms with Crippen LogP contribution in [0.5, 0.6) is 5.75 Å². The van der Waals surface area contributed by atoms with Gasteiger partial charge in [0.2, 0.25) is 5.13 Å². The third-order valence-corrected chi connectivity index (χ3v) is 4.14. The van der Waals surface area contributed by atoms with Crippen LogP contribution in [-0.4, -0.2) is 22.7 Å². The molecule has 0 fully saturated rings. The van der Waals surface area contributed by atoms with Crippen molar-refractivity contribution in [1.29, 1.82) is 0 Å². The average molecular weight is 339 g/mol. The lowest BCUT2D eigenvalue weighted by Crippen LogP contribution is -2.20. The Morgan fingerprint density at radius 3 is 2.58 bits per heavy atom. The fraction of sp³-hybridized carbons (Fsp3) is 0.167. The highest BCUT2D eigenvalue weighted by Gasteiger charge is 2.09. The number of hydrogen-bond donors (Lipinski definition) is 1. The molecule has 5 nitrogen and oxygen atoms in total. The van der Waals surface area contributed by atoms with Gasteiger partial charge >= 0.3 is 0 Å². The maximum atomic E-state index is 11.9. The highest BCUT2D eigenvalue weighted by Crippen LogP contribution is 2.18. The molecule has 0 saturated carbocycles. The Hall–Kier alpha value is -2.73. The molecule has 0 spiro atoms. The first-order chi connectivity index (χ1) is 11.7. The Bertz CT molecular complexity index is 801. The molecule has 1 N–H and O–H groups in total. The predicted octanol–water partition coefficient (Wildman–Crippen LogP) is 3.45. The van der Waals surface area contributed by atoms with Gasteiger partial charge in [0.05, 0.1) is 0 Å². The van der Waals surface area contributed by atoms with E-state index in [0.29, 0.717) is 17.3 Å². The molecule has 0 atom stereocenters. The molecule has 24 heavy (non-hydrogen) atoms. The number of carbonyl (C=O) groups is 1. The van der Waals surface area contributed by atoms with Crippen LogP contribution in [0.1, 0.15) is 16.1 Å². The predicted molar refractivity (Wildman–Crippen MR) is 94.5 cm³/mol. The Morgan fingerprint density at radius 2 is 1.83 bits per heavy atom. The van der Waals surface area contributed by atoms with Gasteiger partial charge in [-0.2, -0.15) is 0 Å². The van der Waals surface area contributed by atoms with Gasteiger partial charge in [-0.15, -0.1) is 10.2 Å². The monoisotopic (exact) mass is 339 g/mol. The topological polar surface area (TPSA) is 64.1 Å². The van der Waals surface area contributed by atoms with Gasteiger partial charge < -0.3 is 4.74 Å². The lowest BCUT2D eigenvalue weighted by atomic mass is 10.2. The number of aryl methyl sites for hydroxylation is 1. The van der Waals surface area contributed by atoms with Gasteiger partial charge in [0.1, 0.15) is 10.8 Å². The summed E-state index contributed by atoms with van der Waals surface area (Å²) in [5.74, 6) is 0.413. The fourth-order valence-electron chi connectivity index (χ4n) is 2.08. The van der Waals surface area contributed by atoms with Crippen molar-refractivity contribution in [1.82, 2.24) is 10.2 Å². The van der Waals surface area contributed by atoms with Crippen LogP contribution in [0, 0.1) is 6.92 Å². The minimum atomic E-state index is -0.252. The number of rotatable bonds is 6. The van der Waals surface area contributed by atoms with Crippen molar-refractivity contribution in [3.63, 3.8) is 0 Å². The number of carbonyl (C=O) groups excluding carboxylic acids is 1. The number of amides is 1.